The third-order valence-electron chi connectivity index (χ3n) is 3.56. The van der Waals surface area contributed by atoms with Crippen LogP contribution in [-0.2, 0) is 11.3 Å². The Hall–Kier alpha value is -3.09. The van der Waals surface area contributed by atoms with Crippen LogP contribution in [0.1, 0.15) is 5.82 Å². The summed E-state index contributed by atoms with van der Waals surface area (Å²) >= 11 is 0. The average Bonchev–Trinajstić information content (AvgIpc) is 3.02. The van der Waals surface area contributed by atoms with Gasteiger partial charge in [-0.25, -0.2) is 4.98 Å². The summed E-state index contributed by atoms with van der Waals surface area (Å²) in [6.45, 7) is 0.474. The van der Waals surface area contributed by atoms with E-state index in [0.29, 0.717) is 17.3 Å². The Morgan fingerprint density at radius 1 is 1.30 bits per heavy atom. The van der Waals surface area contributed by atoms with Crippen LogP contribution in [0.4, 0.5) is 0 Å². The van der Waals surface area contributed by atoms with Crippen LogP contribution in [0.2, 0.25) is 0 Å². The van der Waals surface area contributed by atoms with Gasteiger partial charge in [0.2, 0.25) is 6.10 Å². The number of aromatic nitrogens is 3. The second kappa shape index (κ2) is 5.60. The van der Waals surface area contributed by atoms with Crippen LogP contribution in [0, 0.1) is 0 Å². The normalized spacial score (nSPS) is 16.3. The fraction of sp³-hybridized carbons (Fsp3) is 0.188. The molecule has 1 amide bonds. The predicted molar refractivity (Wildman–Crippen MR) is 82.1 cm³/mol. The number of ether oxygens (including phenoxy) is 2. The van der Waals surface area contributed by atoms with Crippen molar-refractivity contribution in [3.05, 3.63) is 48.5 Å². The van der Waals surface area contributed by atoms with Crippen molar-refractivity contribution in [2.75, 3.05) is 6.61 Å². The second-order valence-corrected chi connectivity index (χ2v) is 5.16. The van der Waals surface area contributed by atoms with Crippen LogP contribution >= 0.6 is 0 Å². The summed E-state index contributed by atoms with van der Waals surface area (Å²) in [5.74, 6) is 1.66. The minimum Gasteiger partial charge on any atom is -0.485 e. The van der Waals surface area contributed by atoms with Gasteiger partial charge in [-0.15, -0.1) is 0 Å². The summed E-state index contributed by atoms with van der Waals surface area (Å²) in [5, 5.41) is 2.80. The molecule has 0 saturated heterocycles. The lowest BCUT2D eigenvalue weighted by atomic mass is 10.2. The number of nitrogens with one attached hydrogen (secondary N) is 2. The van der Waals surface area contributed by atoms with Crippen molar-refractivity contribution < 1.29 is 14.3 Å². The molecule has 0 spiro atoms. The van der Waals surface area contributed by atoms with Crippen LogP contribution in [0.25, 0.3) is 11.0 Å². The molecule has 2 N–H and O–H groups in total. The number of imidazole rings is 1. The highest BCUT2D eigenvalue weighted by molar-refractivity contribution is 5.81. The quantitative estimate of drug-likeness (QED) is 0.763. The van der Waals surface area contributed by atoms with Crippen molar-refractivity contribution in [3.8, 4) is 11.5 Å². The summed E-state index contributed by atoms with van der Waals surface area (Å²) in [7, 11) is 0. The number of carbonyl (C=O) groups is 1. The lowest BCUT2D eigenvalue weighted by molar-refractivity contribution is -0.130. The third kappa shape index (κ3) is 2.68. The van der Waals surface area contributed by atoms with Crippen LogP contribution in [0.3, 0.4) is 0 Å². The number of para-hydroxylation sites is 2. The number of hydrogen-bond donors (Lipinski definition) is 2. The van der Waals surface area contributed by atoms with E-state index in [1.54, 1.807) is 18.5 Å². The molecule has 0 saturated carbocycles. The Labute approximate surface area is 131 Å². The van der Waals surface area contributed by atoms with E-state index in [1.807, 2.05) is 24.3 Å². The number of pyridine rings is 1. The lowest BCUT2D eigenvalue weighted by Crippen LogP contribution is -2.43. The lowest BCUT2D eigenvalue weighted by Gasteiger charge is -2.25. The Kier molecular flexibility index (Phi) is 3.30. The molecule has 7 nitrogen and oxygen atoms in total. The standard InChI is InChI=1S/C16H14N4O3/c21-16(14-9-22-12-3-1-2-4-13(12)23-14)18-8-15-19-10-5-6-17-7-11(10)20-15/h1-7,14H,8-9H2,(H,18,21)(H,19,20). The molecular weight excluding hydrogens is 296 g/mol. The van der Waals surface area contributed by atoms with Gasteiger partial charge in [0.1, 0.15) is 12.4 Å². The van der Waals surface area contributed by atoms with E-state index in [1.165, 1.54) is 0 Å². The number of hydrogen-bond acceptors (Lipinski definition) is 5. The molecule has 116 valence electrons. The van der Waals surface area contributed by atoms with E-state index < -0.39 is 6.10 Å². The van der Waals surface area contributed by atoms with E-state index in [0.717, 1.165) is 11.0 Å². The van der Waals surface area contributed by atoms with Crippen molar-refractivity contribution in [1.29, 1.82) is 0 Å². The van der Waals surface area contributed by atoms with Crippen LogP contribution in [-0.4, -0.2) is 33.6 Å². The van der Waals surface area contributed by atoms with Crippen LogP contribution in [0.15, 0.2) is 42.7 Å². The first kappa shape index (κ1) is 13.6. The van der Waals surface area contributed by atoms with Gasteiger partial charge < -0.3 is 19.8 Å². The van der Waals surface area contributed by atoms with Crippen LogP contribution < -0.4 is 14.8 Å². The molecule has 4 rings (SSSR count). The monoisotopic (exact) mass is 310 g/mol. The zero-order chi connectivity index (χ0) is 15.6. The van der Waals surface area contributed by atoms with E-state index >= 15 is 0 Å². The maximum Gasteiger partial charge on any atom is 0.265 e. The van der Waals surface area contributed by atoms with Gasteiger partial charge in [0.25, 0.3) is 5.91 Å². The van der Waals surface area contributed by atoms with Gasteiger partial charge in [-0.2, -0.15) is 0 Å². The van der Waals surface area contributed by atoms with Crippen molar-refractivity contribution in [2.24, 2.45) is 0 Å². The van der Waals surface area contributed by atoms with Gasteiger partial charge in [-0.1, -0.05) is 12.1 Å². The zero-order valence-corrected chi connectivity index (χ0v) is 12.2. The number of aromatic amines is 1. The molecule has 2 aromatic heterocycles. The van der Waals surface area contributed by atoms with Gasteiger partial charge >= 0.3 is 0 Å². The predicted octanol–water partition coefficient (Wildman–Crippen LogP) is 1.41. The summed E-state index contributed by atoms with van der Waals surface area (Å²) < 4.78 is 11.2. The van der Waals surface area contributed by atoms with E-state index in [-0.39, 0.29) is 19.1 Å². The number of H-pyrrole nitrogens is 1. The summed E-state index contributed by atoms with van der Waals surface area (Å²) in [6.07, 6.45) is 2.70. The highest BCUT2D eigenvalue weighted by Crippen LogP contribution is 2.30. The summed E-state index contributed by atoms with van der Waals surface area (Å²) in [5.41, 5.74) is 1.65. The first-order chi connectivity index (χ1) is 11.3. The maximum absolute atomic E-state index is 12.2. The van der Waals surface area contributed by atoms with Gasteiger partial charge in [0, 0.05) is 6.20 Å². The fourth-order valence-electron chi connectivity index (χ4n) is 2.43. The zero-order valence-electron chi connectivity index (χ0n) is 12.2. The van der Waals surface area contributed by atoms with Crippen molar-refractivity contribution >= 4 is 16.9 Å². The highest BCUT2D eigenvalue weighted by Gasteiger charge is 2.27. The van der Waals surface area contributed by atoms with Crippen molar-refractivity contribution in [3.63, 3.8) is 0 Å². The molecule has 23 heavy (non-hydrogen) atoms. The highest BCUT2D eigenvalue weighted by atomic mass is 16.6. The van der Waals surface area contributed by atoms with E-state index in [2.05, 4.69) is 20.3 Å². The summed E-state index contributed by atoms with van der Waals surface area (Å²) in [6, 6.07) is 9.10. The molecule has 0 radical (unpaired) electrons. The number of fused-ring (bicyclic) bond motifs is 2. The molecule has 0 fully saturated rings. The molecule has 7 heteroatoms. The first-order valence-corrected chi connectivity index (χ1v) is 7.24. The van der Waals surface area contributed by atoms with Gasteiger partial charge in [-0.05, 0) is 18.2 Å². The molecular formula is C16H14N4O3. The molecule has 3 heterocycles. The second-order valence-electron chi connectivity index (χ2n) is 5.16. The SMILES string of the molecule is O=C(NCc1nc2ccncc2[nH]1)C1COc2ccccc2O1. The Balaban J connectivity index is 1.40. The van der Waals surface area contributed by atoms with Gasteiger partial charge in [0.05, 0.1) is 23.8 Å². The smallest absolute Gasteiger partial charge is 0.265 e. The molecule has 0 aliphatic carbocycles. The maximum atomic E-state index is 12.2. The molecule has 1 unspecified atom stereocenters. The first-order valence-electron chi connectivity index (χ1n) is 7.24. The molecule has 1 atom stereocenters. The number of rotatable bonds is 3. The molecule has 3 aromatic rings. The minimum absolute atomic E-state index is 0.187. The van der Waals surface area contributed by atoms with Gasteiger partial charge in [-0.3, -0.25) is 9.78 Å². The Bertz CT molecular complexity index is 828. The molecule has 1 aliphatic rings. The Morgan fingerprint density at radius 2 is 2.17 bits per heavy atom. The Morgan fingerprint density at radius 3 is 3.04 bits per heavy atom. The third-order valence-corrected chi connectivity index (χ3v) is 3.56. The average molecular weight is 310 g/mol. The molecule has 0 bridgehead atoms. The number of nitrogens with zero attached hydrogens (tertiary/aromatic N) is 2. The topological polar surface area (TPSA) is 89.1 Å². The van der Waals surface area contributed by atoms with E-state index in [4.69, 9.17) is 9.47 Å². The minimum atomic E-state index is -0.670. The number of amides is 1. The number of carbonyl (C=O) groups excluding carboxylic acids is 1. The summed E-state index contributed by atoms with van der Waals surface area (Å²) in [4.78, 5) is 23.7. The molecule has 1 aliphatic heterocycles. The van der Waals surface area contributed by atoms with E-state index in [9.17, 15) is 4.79 Å². The van der Waals surface area contributed by atoms with Crippen molar-refractivity contribution in [1.82, 2.24) is 20.3 Å². The van der Waals surface area contributed by atoms with Crippen molar-refractivity contribution in [2.45, 2.75) is 12.6 Å². The van der Waals surface area contributed by atoms with Gasteiger partial charge in [0.15, 0.2) is 11.5 Å². The number of benzene rings is 1. The molecule has 1 aromatic carbocycles. The van der Waals surface area contributed by atoms with Crippen LogP contribution in [0.5, 0.6) is 11.5 Å². The largest absolute Gasteiger partial charge is 0.485 e. The fourth-order valence-corrected chi connectivity index (χ4v) is 2.43.